The summed E-state index contributed by atoms with van der Waals surface area (Å²) in [7, 11) is 2.57. The highest BCUT2D eigenvalue weighted by Gasteiger charge is 2.30. The lowest BCUT2D eigenvalue weighted by molar-refractivity contribution is -0.159. The highest BCUT2D eigenvalue weighted by molar-refractivity contribution is 5.90. The molecule has 2 atom stereocenters. The molecule has 1 rings (SSSR count). The molecular weight excluding hydrogens is 326 g/mol. The molecule has 1 amide bonds. The molecule has 0 bridgehead atoms. The Balaban J connectivity index is 2.85. The Hall–Kier alpha value is -2.41. The summed E-state index contributed by atoms with van der Waals surface area (Å²) in [6, 6.07) is 7.66. The van der Waals surface area contributed by atoms with Crippen LogP contribution < -0.4 is 5.32 Å². The fourth-order valence-electron chi connectivity index (χ4n) is 2.16. The normalized spacial score (nSPS) is 13.5. The van der Waals surface area contributed by atoms with Crippen LogP contribution in [-0.4, -0.2) is 43.7 Å². The Labute approximate surface area is 147 Å². The van der Waals surface area contributed by atoms with Crippen LogP contribution in [0.5, 0.6) is 0 Å². The molecule has 0 saturated carbocycles. The summed E-state index contributed by atoms with van der Waals surface area (Å²) in [5, 5.41) is 2.49. The van der Waals surface area contributed by atoms with Crippen molar-refractivity contribution in [2.75, 3.05) is 14.2 Å². The van der Waals surface area contributed by atoms with Gasteiger partial charge in [-0.2, -0.15) is 0 Å². The number of nitrogens with one attached hydrogen (secondary N) is 1. The van der Waals surface area contributed by atoms with Crippen LogP contribution in [0.4, 0.5) is 0 Å². The zero-order chi connectivity index (χ0) is 19.0. The molecule has 0 fully saturated rings. The van der Waals surface area contributed by atoms with Crippen LogP contribution in [0.15, 0.2) is 30.3 Å². The van der Waals surface area contributed by atoms with E-state index in [9.17, 15) is 14.4 Å². The lowest BCUT2D eigenvalue weighted by atomic mass is 10.1. The first-order valence-corrected chi connectivity index (χ1v) is 7.85. The number of methoxy groups -OCH3 is 2. The molecule has 0 aromatic heterocycles. The highest BCUT2D eigenvalue weighted by Crippen LogP contribution is 2.17. The molecule has 0 aliphatic rings. The smallest absolute Gasteiger partial charge is 0.328 e. The second-order valence-corrected chi connectivity index (χ2v) is 6.40. The Kier molecular flexibility index (Phi) is 7.57. The average molecular weight is 351 g/mol. The van der Waals surface area contributed by atoms with Crippen molar-refractivity contribution >= 4 is 17.8 Å². The molecule has 7 nitrogen and oxygen atoms in total. The minimum Gasteiger partial charge on any atom is -0.467 e. The van der Waals surface area contributed by atoms with Crippen LogP contribution in [0.2, 0.25) is 0 Å². The zero-order valence-electron chi connectivity index (χ0n) is 15.2. The molecule has 1 N–H and O–H groups in total. The molecule has 0 aliphatic heterocycles. The Morgan fingerprint density at radius 2 is 1.68 bits per heavy atom. The summed E-state index contributed by atoms with van der Waals surface area (Å²) < 4.78 is 15.1. The number of rotatable bonds is 7. The maximum atomic E-state index is 12.5. The number of amides is 1. The molecule has 1 aromatic rings. The van der Waals surface area contributed by atoms with Crippen molar-refractivity contribution in [2.45, 2.75) is 44.9 Å². The van der Waals surface area contributed by atoms with E-state index in [1.54, 1.807) is 45.0 Å². The van der Waals surface area contributed by atoms with Crippen LogP contribution >= 0.6 is 0 Å². The molecule has 0 aliphatic carbocycles. The van der Waals surface area contributed by atoms with Crippen LogP contribution in [0.1, 0.15) is 38.9 Å². The highest BCUT2D eigenvalue weighted by atomic mass is 16.6. The predicted octanol–water partition coefficient (Wildman–Crippen LogP) is 1.76. The van der Waals surface area contributed by atoms with Crippen molar-refractivity contribution in [1.82, 2.24) is 5.32 Å². The minimum absolute atomic E-state index is 0.332. The van der Waals surface area contributed by atoms with Crippen molar-refractivity contribution in [3.05, 3.63) is 35.9 Å². The third kappa shape index (κ3) is 6.93. The molecule has 1 aromatic carbocycles. The van der Waals surface area contributed by atoms with Gasteiger partial charge in [-0.05, 0) is 26.3 Å². The number of carbonyl (C=O) groups is 3. The molecule has 0 spiro atoms. The fraction of sp³-hybridized carbons (Fsp3) is 0.500. The van der Waals surface area contributed by atoms with Crippen molar-refractivity contribution in [3.8, 4) is 0 Å². The van der Waals surface area contributed by atoms with Crippen LogP contribution in [0.25, 0.3) is 0 Å². The van der Waals surface area contributed by atoms with Gasteiger partial charge in [-0.25, -0.2) is 4.79 Å². The molecule has 0 heterocycles. The van der Waals surface area contributed by atoms with Gasteiger partial charge in [-0.15, -0.1) is 0 Å². The lowest BCUT2D eigenvalue weighted by Crippen LogP contribution is -2.45. The number of benzene rings is 1. The zero-order valence-corrected chi connectivity index (χ0v) is 15.2. The van der Waals surface area contributed by atoms with E-state index in [-0.39, 0.29) is 6.42 Å². The van der Waals surface area contributed by atoms with Crippen molar-refractivity contribution in [2.24, 2.45) is 0 Å². The Bertz CT molecular complexity index is 593. The van der Waals surface area contributed by atoms with Gasteiger partial charge in [-0.1, -0.05) is 30.3 Å². The van der Waals surface area contributed by atoms with E-state index in [1.807, 2.05) is 6.07 Å². The minimum atomic E-state index is -1.16. The SMILES string of the molecule is COC(=O)[C@H](CC(=O)OC(C)(C)C)NC(=O)[C@H](OC)c1ccccc1. The maximum Gasteiger partial charge on any atom is 0.328 e. The van der Waals surface area contributed by atoms with Crippen molar-refractivity contribution in [1.29, 1.82) is 0 Å². The van der Waals surface area contributed by atoms with Gasteiger partial charge >= 0.3 is 11.9 Å². The van der Waals surface area contributed by atoms with Gasteiger partial charge in [-0.3, -0.25) is 9.59 Å². The monoisotopic (exact) mass is 351 g/mol. The van der Waals surface area contributed by atoms with Crippen molar-refractivity contribution < 1.29 is 28.6 Å². The third-order valence-corrected chi connectivity index (χ3v) is 3.17. The van der Waals surface area contributed by atoms with E-state index >= 15 is 0 Å². The van der Waals surface area contributed by atoms with Crippen molar-refractivity contribution in [3.63, 3.8) is 0 Å². The molecule has 7 heteroatoms. The molecule has 138 valence electrons. The first-order valence-electron chi connectivity index (χ1n) is 7.85. The lowest BCUT2D eigenvalue weighted by Gasteiger charge is -2.23. The number of hydrogen-bond donors (Lipinski definition) is 1. The standard InChI is InChI=1S/C18H25NO6/c1-18(2,3)25-14(20)11-13(17(22)24-5)19-16(21)15(23-4)12-9-7-6-8-10-12/h6-10,13,15H,11H2,1-5H3,(H,19,21)/t13-,15+/m0/s1. The van der Waals surface area contributed by atoms with Crippen LogP contribution in [-0.2, 0) is 28.6 Å². The molecule has 25 heavy (non-hydrogen) atoms. The molecule has 0 saturated heterocycles. The Morgan fingerprint density at radius 3 is 2.16 bits per heavy atom. The molecule has 0 unspecified atom stereocenters. The largest absolute Gasteiger partial charge is 0.467 e. The van der Waals surface area contributed by atoms with Gasteiger partial charge in [0.1, 0.15) is 11.6 Å². The van der Waals surface area contributed by atoms with Gasteiger partial charge in [0.05, 0.1) is 13.5 Å². The van der Waals surface area contributed by atoms with E-state index < -0.39 is 35.6 Å². The van der Waals surface area contributed by atoms with Gasteiger partial charge in [0.2, 0.25) is 0 Å². The predicted molar refractivity (Wildman–Crippen MR) is 90.6 cm³/mol. The summed E-state index contributed by atoms with van der Waals surface area (Å²) in [5.74, 6) is -1.90. The summed E-state index contributed by atoms with van der Waals surface area (Å²) in [4.78, 5) is 36.4. The maximum absolute atomic E-state index is 12.5. The number of carbonyl (C=O) groups excluding carboxylic acids is 3. The summed E-state index contributed by atoms with van der Waals surface area (Å²) >= 11 is 0. The first kappa shape index (κ1) is 20.6. The first-order chi connectivity index (χ1) is 11.7. The van der Waals surface area contributed by atoms with Gasteiger partial charge in [0.15, 0.2) is 6.10 Å². The second kappa shape index (κ2) is 9.17. The summed E-state index contributed by atoms with van der Waals surface area (Å²) in [6.07, 6.45) is -1.24. The van der Waals surface area contributed by atoms with Gasteiger partial charge < -0.3 is 19.5 Å². The summed E-state index contributed by atoms with van der Waals surface area (Å²) in [5.41, 5.74) is -0.0655. The Morgan fingerprint density at radius 1 is 1.08 bits per heavy atom. The van der Waals surface area contributed by atoms with E-state index in [4.69, 9.17) is 9.47 Å². The van der Waals surface area contributed by atoms with Crippen LogP contribution in [0, 0.1) is 0 Å². The third-order valence-electron chi connectivity index (χ3n) is 3.17. The second-order valence-electron chi connectivity index (χ2n) is 6.40. The van der Waals surface area contributed by atoms with Crippen LogP contribution in [0.3, 0.4) is 0 Å². The van der Waals surface area contributed by atoms with E-state index in [0.717, 1.165) is 0 Å². The van der Waals surface area contributed by atoms with E-state index in [2.05, 4.69) is 10.1 Å². The number of esters is 2. The molecular formula is C18H25NO6. The topological polar surface area (TPSA) is 90.9 Å². The van der Waals surface area contributed by atoms with E-state index in [0.29, 0.717) is 5.56 Å². The fourth-order valence-corrected chi connectivity index (χ4v) is 2.16. The molecule has 0 radical (unpaired) electrons. The number of ether oxygens (including phenoxy) is 3. The van der Waals surface area contributed by atoms with Gasteiger partial charge in [0, 0.05) is 7.11 Å². The average Bonchev–Trinajstić information content (AvgIpc) is 2.53. The van der Waals surface area contributed by atoms with Gasteiger partial charge in [0.25, 0.3) is 5.91 Å². The number of hydrogen-bond acceptors (Lipinski definition) is 6. The summed E-state index contributed by atoms with van der Waals surface area (Å²) in [6.45, 7) is 5.15. The quantitative estimate of drug-likeness (QED) is 0.753. The van der Waals surface area contributed by atoms with E-state index in [1.165, 1.54) is 14.2 Å².